The van der Waals surface area contributed by atoms with Crippen LogP contribution in [-0.4, -0.2) is 55.2 Å². The molecule has 34 heavy (non-hydrogen) atoms. The number of alkyl halides is 2. The standard InChI is InChI=1S/C25H29F2N7/c1-15(2)29-21-5-6-22(30-16(21)3)19-9-12-34-23(19)14-28-24(32-34)31-18-7-10-33(11-8-18)17(4)20-13-25(20,26)27/h5-6,9,12,14,18,20H,4,7-8,10-11,13H2,1-3H3,(H,31,32). The summed E-state index contributed by atoms with van der Waals surface area (Å²) in [5.41, 5.74) is 5.99. The number of allylic oxidation sites excluding steroid dienone is 1. The molecule has 3 aromatic rings. The monoisotopic (exact) mass is 465 g/mol. The highest BCUT2D eigenvalue weighted by atomic mass is 19.3. The van der Waals surface area contributed by atoms with Gasteiger partial charge in [0.15, 0.2) is 0 Å². The van der Waals surface area contributed by atoms with Gasteiger partial charge in [-0.15, -0.1) is 5.10 Å². The number of nitrogens with zero attached hydrogens (tertiary/aromatic N) is 6. The predicted molar refractivity (Wildman–Crippen MR) is 130 cm³/mol. The van der Waals surface area contributed by atoms with Gasteiger partial charge in [-0.1, -0.05) is 6.58 Å². The highest BCUT2D eigenvalue weighted by Gasteiger charge is 2.59. The molecule has 0 aromatic carbocycles. The Bertz CT molecular complexity index is 1270. The molecule has 2 fully saturated rings. The quantitative estimate of drug-likeness (QED) is 0.503. The topological polar surface area (TPSA) is 70.7 Å². The van der Waals surface area contributed by atoms with E-state index < -0.39 is 11.8 Å². The normalized spacial score (nSPS) is 19.8. The second-order valence-electron chi connectivity index (χ2n) is 9.42. The number of fused-ring (bicyclic) bond motifs is 1. The number of hydrogen-bond acceptors (Lipinski definition) is 6. The van der Waals surface area contributed by atoms with Crippen molar-refractivity contribution in [3.63, 3.8) is 0 Å². The van der Waals surface area contributed by atoms with Crippen molar-refractivity contribution in [1.29, 1.82) is 0 Å². The Morgan fingerprint density at radius 3 is 2.59 bits per heavy atom. The first-order valence-corrected chi connectivity index (χ1v) is 11.6. The van der Waals surface area contributed by atoms with Crippen LogP contribution in [0, 0.1) is 12.8 Å². The molecule has 2 aliphatic rings. The molecule has 1 atom stereocenters. The second kappa shape index (κ2) is 8.45. The van der Waals surface area contributed by atoms with E-state index in [2.05, 4.69) is 27.0 Å². The highest BCUT2D eigenvalue weighted by Crippen LogP contribution is 2.53. The fraction of sp³-hybridized carbons (Fsp3) is 0.440. The molecule has 178 valence electrons. The summed E-state index contributed by atoms with van der Waals surface area (Å²) in [4.78, 5) is 15.8. The van der Waals surface area contributed by atoms with E-state index in [0.717, 1.165) is 46.7 Å². The number of likely N-dealkylation sites (tertiary alicyclic amines) is 1. The maximum absolute atomic E-state index is 13.4. The minimum absolute atomic E-state index is 0.0672. The number of halogens is 2. The molecule has 0 amide bonds. The van der Waals surface area contributed by atoms with Crippen molar-refractivity contribution in [2.24, 2.45) is 10.9 Å². The highest BCUT2D eigenvalue weighted by molar-refractivity contribution is 5.83. The molecule has 4 heterocycles. The molecule has 1 aliphatic carbocycles. The number of pyridine rings is 1. The molecule has 3 aromatic heterocycles. The Balaban J connectivity index is 1.25. The number of nitrogens with one attached hydrogen (secondary N) is 1. The fourth-order valence-electron chi connectivity index (χ4n) is 4.53. The zero-order chi connectivity index (χ0) is 24.0. The molecule has 1 aliphatic heterocycles. The minimum Gasteiger partial charge on any atom is -0.375 e. The van der Waals surface area contributed by atoms with Crippen LogP contribution in [0.2, 0.25) is 0 Å². The van der Waals surface area contributed by atoms with Crippen LogP contribution in [0.4, 0.5) is 20.4 Å². The molecule has 5 rings (SSSR count). The summed E-state index contributed by atoms with van der Waals surface area (Å²) in [5.74, 6) is -2.69. The summed E-state index contributed by atoms with van der Waals surface area (Å²) in [5, 5.41) is 8.02. The molecule has 9 heteroatoms. The Labute approximate surface area is 197 Å². The van der Waals surface area contributed by atoms with Gasteiger partial charge in [-0.3, -0.25) is 9.98 Å². The number of rotatable bonds is 6. The van der Waals surface area contributed by atoms with Crippen LogP contribution < -0.4 is 5.32 Å². The lowest BCUT2D eigenvalue weighted by molar-refractivity contribution is 0.0973. The van der Waals surface area contributed by atoms with Crippen LogP contribution in [-0.2, 0) is 0 Å². The molecule has 1 saturated carbocycles. The molecule has 1 unspecified atom stereocenters. The number of aryl methyl sites for hydroxylation is 1. The Morgan fingerprint density at radius 2 is 1.94 bits per heavy atom. The van der Waals surface area contributed by atoms with E-state index in [0.29, 0.717) is 24.7 Å². The van der Waals surface area contributed by atoms with Crippen molar-refractivity contribution < 1.29 is 8.78 Å². The van der Waals surface area contributed by atoms with Crippen LogP contribution in [0.3, 0.4) is 0 Å². The van der Waals surface area contributed by atoms with Crippen LogP contribution in [0.1, 0.15) is 38.8 Å². The van der Waals surface area contributed by atoms with Gasteiger partial charge in [0.1, 0.15) is 0 Å². The second-order valence-corrected chi connectivity index (χ2v) is 9.42. The largest absolute Gasteiger partial charge is 0.375 e. The third-order valence-electron chi connectivity index (χ3n) is 6.56. The van der Waals surface area contributed by atoms with Gasteiger partial charge in [0.25, 0.3) is 5.92 Å². The van der Waals surface area contributed by atoms with E-state index in [9.17, 15) is 8.78 Å². The smallest absolute Gasteiger partial charge is 0.257 e. The summed E-state index contributed by atoms with van der Waals surface area (Å²) < 4.78 is 28.5. The Hall–Kier alpha value is -3.36. The van der Waals surface area contributed by atoms with Crippen molar-refractivity contribution in [3.8, 4) is 11.3 Å². The van der Waals surface area contributed by atoms with Gasteiger partial charge < -0.3 is 10.2 Å². The number of piperidine rings is 1. The maximum atomic E-state index is 13.4. The van der Waals surface area contributed by atoms with Crippen molar-refractivity contribution in [2.75, 3.05) is 18.4 Å². The number of anilines is 1. The third-order valence-corrected chi connectivity index (χ3v) is 6.56. The summed E-state index contributed by atoms with van der Waals surface area (Å²) in [6.07, 6.45) is 5.29. The SMILES string of the molecule is C=C(C1CC1(F)F)N1CCC(Nc2ncc3c(-c4ccc(N=C(C)C)c(C)n4)ccn3n2)CC1. The van der Waals surface area contributed by atoms with E-state index in [-0.39, 0.29) is 12.5 Å². The van der Waals surface area contributed by atoms with Gasteiger partial charge in [0.05, 0.1) is 34.7 Å². The van der Waals surface area contributed by atoms with Crippen molar-refractivity contribution in [1.82, 2.24) is 24.5 Å². The first-order chi connectivity index (χ1) is 16.2. The molecule has 7 nitrogen and oxygen atoms in total. The Morgan fingerprint density at radius 1 is 1.21 bits per heavy atom. The molecular weight excluding hydrogens is 436 g/mol. The molecule has 0 bridgehead atoms. The summed E-state index contributed by atoms with van der Waals surface area (Å²) >= 11 is 0. The summed E-state index contributed by atoms with van der Waals surface area (Å²) in [6.45, 7) is 11.2. The number of hydrogen-bond donors (Lipinski definition) is 1. The molecular formula is C25H29F2N7. The van der Waals surface area contributed by atoms with Crippen molar-refractivity contribution in [2.45, 2.75) is 52.0 Å². The van der Waals surface area contributed by atoms with Gasteiger partial charge in [-0.05, 0) is 51.8 Å². The lowest BCUT2D eigenvalue weighted by atomic mass is 10.0. The maximum Gasteiger partial charge on any atom is 0.257 e. The zero-order valence-corrected chi connectivity index (χ0v) is 19.7. The van der Waals surface area contributed by atoms with Crippen molar-refractivity contribution >= 4 is 22.9 Å². The molecule has 1 saturated heterocycles. The Kier molecular flexibility index (Phi) is 5.58. The van der Waals surface area contributed by atoms with E-state index in [1.165, 1.54) is 0 Å². The van der Waals surface area contributed by atoms with E-state index in [4.69, 9.17) is 4.98 Å². The first kappa shape index (κ1) is 22.4. The van der Waals surface area contributed by atoms with E-state index in [1.807, 2.05) is 50.1 Å². The number of aliphatic imine (C=N–C) groups is 1. The van der Waals surface area contributed by atoms with Gasteiger partial charge in [0.2, 0.25) is 5.95 Å². The third kappa shape index (κ3) is 4.38. The fourth-order valence-corrected chi connectivity index (χ4v) is 4.53. The van der Waals surface area contributed by atoms with Gasteiger partial charge in [-0.25, -0.2) is 18.3 Å². The lowest BCUT2D eigenvalue weighted by Crippen LogP contribution is -2.39. The molecule has 0 radical (unpaired) electrons. The summed E-state index contributed by atoms with van der Waals surface area (Å²) in [6, 6.07) is 6.13. The number of aromatic nitrogens is 4. The van der Waals surface area contributed by atoms with Crippen molar-refractivity contribution in [3.05, 3.63) is 48.6 Å². The van der Waals surface area contributed by atoms with Crippen LogP contribution in [0.15, 0.2) is 47.9 Å². The van der Waals surface area contributed by atoms with Gasteiger partial charge in [-0.2, -0.15) is 0 Å². The average molecular weight is 466 g/mol. The molecule has 0 spiro atoms. The summed E-state index contributed by atoms with van der Waals surface area (Å²) in [7, 11) is 0. The average Bonchev–Trinajstić information content (AvgIpc) is 3.23. The van der Waals surface area contributed by atoms with Gasteiger partial charge in [0, 0.05) is 48.7 Å². The first-order valence-electron chi connectivity index (χ1n) is 11.6. The predicted octanol–water partition coefficient (Wildman–Crippen LogP) is 5.26. The van der Waals surface area contributed by atoms with E-state index in [1.54, 1.807) is 10.7 Å². The van der Waals surface area contributed by atoms with Gasteiger partial charge >= 0.3 is 0 Å². The van der Waals surface area contributed by atoms with Crippen LogP contribution in [0.25, 0.3) is 16.8 Å². The van der Waals surface area contributed by atoms with E-state index >= 15 is 0 Å². The molecule has 1 N–H and O–H groups in total. The van der Waals surface area contributed by atoms with Crippen LogP contribution >= 0.6 is 0 Å². The van der Waals surface area contributed by atoms with Crippen LogP contribution in [0.5, 0.6) is 0 Å². The minimum atomic E-state index is -2.57. The zero-order valence-electron chi connectivity index (χ0n) is 19.7. The lowest BCUT2D eigenvalue weighted by Gasteiger charge is -2.35.